The molecule has 1 aromatic rings. The van der Waals surface area contributed by atoms with Gasteiger partial charge in [-0.1, -0.05) is 0 Å². The molecule has 0 saturated carbocycles. The van der Waals surface area contributed by atoms with Crippen molar-refractivity contribution < 1.29 is 4.79 Å². The van der Waals surface area contributed by atoms with Gasteiger partial charge in [0.05, 0.1) is 10.7 Å². The molecule has 1 fully saturated rings. The Morgan fingerprint density at radius 1 is 1.35 bits per heavy atom. The molecule has 1 saturated heterocycles. The van der Waals surface area contributed by atoms with E-state index in [0.29, 0.717) is 10.6 Å². The van der Waals surface area contributed by atoms with Crippen molar-refractivity contribution in [3.8, 4) is 0 Å². The summed E-state index contributed by atoms with van der Waals surface area (Å²) in [6.07, 6.45) is 1.13. The van der Waals surface area contributed by atoms with Crippen molar-refractivity contribution in [3.05, 3.63) is 10.9 Å². The maximum atomic E-state index is 11.2. The third kappa shape index (κ3) is 2.70. The number of nitrogens with zero attached hydrogens (tertiary/aromatic N) is 2. The van der Waals surface area contributed by atoms with Gasteiger partial charge in [0.2, 0.25) is 0 Å². The van der Waals surface area contributed by atoms with Gasteiger partial charge in [0.15, 0.2) is 0 Å². The van der Waals surface area contributed by atoms with E-state index in [2.05, 4.69) is 16.8 Å². The first-order valence-corrected chi connectivity index (χ1v) is 6.52. The number of carbonyl (C=O) groups is 1. The molecule has 0 spiro atoms. The summed E-state index contributed by atoms with van der Waals surface area (Å²) < 4.78 is 0. The van der Waals surface area contributed by atoms with E-state index in [4.69, 9.17) is 11.5 Å². The van der Waals surface area contributed by atoms with Crippen molar-refractivity contribution in [2.75, 3.05) is 43.9 Å². The highest BCUT2D eigenvalue weighted by Gasteiger charge is 2.18. The highest BCUT2D eigenvalue weighted by Crippen LogP contribution is 2.32. The predicted octanol–water partition coefficient (Wildman–Crippen LogP) is 0.571. The van der Waals surface area contributed by atoms with Gasteiger partial charge < -0.3 is 21.3 Å². The summed E-state index contributed by atoms with van der Waals surface area (Å²) in [5.41, 5.74) is 11.6. The number of hydrogen-bond acceptors (Lipinski definition) is 5. The zero-order valence-electron chi connectivity index (χ0n) is 9.98. The van der Waals surface area contributed by atoms with Gasteiger partial charge in [-0.25, -0.2) is 0 Å². The first-order valence-electron chi connectivity index (χ1n) is 5.70. The molecule has 6 heteroatoms. The second-order valence-corrected chi connectivity index (χ2v) is 5.41. The molecule has 1 aliphatic rings. The summed E-state index contributed by atoms with van der Waals surface area (Å²) in [4.78, 5) is 16.2. The van der Waals surface area contributed by atoms with Crippen LogP contribution in [0.3, 0.4) is 0 Å². The van der Waals surface area contributed by atoms with Gasteiger partial charge in [-0.2, -0.15) is 0 Å². The van der Waals surface area contributed by atoms with Gasteiger partial charge in [-0.3, -0.25) is 4.79 Å². The van der Waals surface area contributed by atoms with Crippen LogP contribution >= 0.6 is 11.3 Å². The molecular formula is C11H18N4OS. The summed E-state index contributed by atoms with van der Waals surface area (Å²) in [5, 5.41) is 1.05. The van der Waals surface area contributed by atoms with E-state index in [9.17, 15) is 4.79 Å². The van der Waals surface area contributed by atoms with Crippen molar-refractivity contribution in [2.24, 2.45) is 5.73 Å². The van der Waals surface area contributed by atoms with Crippen LogP contribution in [-0.4, -0.2) is 44.0 Å². The van der Waals surface area contributed by atoms with Crippen molar-refractivity contribution in [2.45, 2.75) is 6.42 Å². The number of hydrogen-bond donors (Lipinski definition) is 2. The van der Waals surface area contributed by atoms with Crippen LogP contribution in [0.1, 0.15) is 16.1 Å². The number of thiophene rings is 1. The van der Waals surface area contributed by atoms with Crippen LogP contribution in [0.4, 0.5) is 10.7 Å². The molecule has 4 N–H and O–H groups in total. The van der Waals surface area contributed by atoms with Gasteiger partial charge in [0.25, 0.3) is 5.91 Å². The number of likely N-dealkylation sites (N-methyl/N-ethyl adjacent to an activating group) is 1. The van der Waals surface area contributed by atoms with Crippen molar-refractivity contribution in [3.63, 3.8) is 0 Å². The van der Waals surface area contributed by atoms with Crippen LogP contribution in [0.25, 0.3) is 0 Å². The molecule has 0 unspecified atom stereocenters. The molecule has 0 aromatic carbocycles. The number of anilines is 2. The Bertz CT molecular complexity index is 418. The average molecular weight is 254 g/mol. The lowest BCUT2D eigenvalue weighted by molar-refractivity contribution is 0.100. The van der Waals surface area contributed by atoms with Crippen molar-refractivity contribution in [1.29, 1.82) is 0 Å². The fourth-order valence-corrected chi connectivity index (χ4v) is 2.99. The first-order chi connectivity index (χ1) is 8.08. The normalized spacial score (nSPS) is 18.1. The van der Waals surface area contributed by atoms with E-state index >= 15 is 0 Å². The Labute approximate surface area is 105 Å². The van der Waals surface area contributed by atoms with E-state index in [1.807, 2.05) is 6.07 Å². The monoisotopic (exact) mass is 254 g/mol. The lowest BCUT2D eigenvalue weighted by atomic mass is 10.3. The smallest absolute Gasteiger partial charge is 0.260 e. The molecule has 0 radical (unpaired) electrons. The van der Waals surface area contributed by atoms with Gasteiger partial charge in [0, 0.05) is 19.6 Å². The number of rotatable bonds is 2. The number of amides is 1. The third-order valence-corrected chi connectivity index (χ3v) is 4.23. The highest BCUT2D eigenvalue weighted by atomic mass is 32.1. The topological polar surface area (TPSA) is 75.6 Å². The molecule has 2 heterocycles. The van der Waals surface area contributed by atoms with Crippen LogP contribution in [0.5, 0.6) is 0 Å². The standard InChI is InChI=1S/C11H18N4OS/c1-14-3-2-4-15(6-5-14)9-7-8(12)10(17-9)11(13)16/h7H,2-6,12H2,1H3,(H2,13,16). The van der Waals surface area contributed by atoms with Crippen LogP contribution in [-0.2, 0) is 0 Å². The van der Waals surface area contributed by atoms with Crippen LogP contribution < -0.4 is 16.4 Å². The summed E-state index contributed by atoms with van der Waals surface area (Å²) in [5.74, 6) is -0.439. The molecular weight excluding hydrogens is 236 g/mol. The largest absolute Gasteiger partial charge is 0.397 e. The summed E-state index contributed by atoms with van der Waals surface area (Å²) in [6, 6.07) is 1.86. The fraction of sp³-hybridized carbons (Fsp3) is 0.545. The SMILES string of the molecule is CN1CCCN(c2cc(N)c(C(N)=O)s2)CC1. The van der Waals surface area contributed by atoms with Crippen LogP contribution in [0.2, 0.25) is 0 Å². The fourth-order valence-electron chi connectivity index (χ4n) is 2.01. The minimum absolute atomic E-state index is 0.439. The van der Waals surface area contributed by atoms with Crippen LogP contribution in [0.15, 0.2) is 6.07 Å². The second-order valence-electron chi connectivity index (χ2n) is 4.38. The van der Waals surface area contributed by atoms with Crippen molar-refractivity contribution >= 4 is 27.9 Å². The van der Waals surface area contributed by atoms with Gasteiger partial charge in [-0.05, 0) is 26.1 Å². The Morgan fingerprint density at radius 2 is 2.12 bits per heavy atom. The Morgan fingerprint density at radius 3 is 2.76 bits per heavy atom. The molecule has 17 heavy (non-hydrogen) atoms. The van der Waals surface area contributed by atoms with E-state index in [1.165, 1.54) is 11.3 Å². The lowest BCUT2D eigenvalue weighted by Crippen LogP contribution is -2.28. The third-order valence-electron chi connectivity index (χ3n) is 3.00. The Hall–Kier alpha value is -1.27. The number of carbonyl (C=O) groups excluding carboxylic acids is 1. The van der Waals surface area contributed by atoms with Gasteiger partial charge >= 0.3 is 0 Å². The molecule has 2 rings (SSSR count). The number of primary amides is 1. The van der Waals surface area contributed by atoms with E-state index < -0.39 is 5.91 Å². The van der Waals surface area contributed by atoms with E-state index in [-0.39, 0.29) is 0 Å². The van der Waals surface area contributed by atoms with E-state index in [1.54, 1.807) is 0 Å². The van der Waals surface area contributed by atoms with Gasteiger partial charge in [-0.15, -0.1) is 11.3 Å². The molecule has 0 aliphatic carbocycles. The summed E-state index contributed by atoms with van der Waals surface area (Å²) >= 11 is 1.39. The maximum absolute atomic E-state index is 11.2. The molecule has 94 valence electrons. The molecule has 0 bridgehead atoms. The molecule has 5 nitrogen and oxygen atoms in total. The Balaban J connectivity index is 2.16. The van der Waals surface area contributed by atoms with E-state index in [0.717, 1.165) is 37.6 Å². The van der Waals surface area contributed by atoms with Crippen molar-refractivity contribution in [1.82, 2.24) is 4.90 Å². The second kappa shape index (κ2) is 4.93. The summed E-state index contributed by atoms with van der Waals surface area (Å²) in [7, 11) is 2.13. The lowest BCUT2D eigenvalue weighted by Gasteiger charge is -2.20. The van der Waals surface area contributed by atoms with Crippen LogP contribution in [0, 0.1) is 0 Å². The minimum Gasteiger partial charge on any atom is -0.397 e. The maximum Gasteiger partial charge on any atom is 0.260 e. The Kier molecular flexibility index (Phi) is 3.54. The van der Waals surface area contributed by atoms with Gasteiger partial charge in [0.1, 0.15) is 4.88 Å². The molecule has 1 aromatic heterocycles. The zero-order valence-corrected chi connectivity index (χ0v) is 10.8. The quantitative estimate of drug-likeness (QED) is 0.809. The minimum atomic E-state index is -0.439. The number of nitrogen functional groups attached to an aromatic ring is 1. The molecule has 0 atom stereocenters. The number of nitrogens with two attached hydrogens (primary N) is 2. The predicted molar refractivity (Wildman–Crippen MR) is 71.6 cm³/mol. The highest BCUT2D eigenvalue weighted by molar-refractivity contribution is 7.18. The average Bonchev–Trinajstić information content (AvgIpc) is 2.52. The molecule has 1 aliphatic heterocycles. The zero-order chi connectivity index (χ0) is 12.4. The first kappa shape index (κ1) is 12.2. The summed E-state index contributed by atoms with van der Waals surface area (Å²) in [6.45, 7) is 4.11. The molecule has 1 amide bonds.